The minimum absolute atomic E-state index is 0.0631. The molecular formula is C34H36FN3O5S. The molecule has 0 fully saturated rings. The summed E-state index contributed by atoms with van der Waals surface area (Å²) in [5, 5.41) is 2.84. The first kappa shape index (κ1) is 32.2. The van der Waals surface area contributed by atoms with Gasteiger partial charge in [-0.2, -0.15) is 0 Å². The molecule has 0 aliphatic heterocycles. The molecule has 230 valence electrons. The van der Waals surface area contributed by atoms with Gasteiger partial charge in [-0.15, -0.1) is 0 Å². The molecule has 4 aromatic carbocycles. The molecule has 0 aliphatic rings. The zero-order valence-corrected chi connectivity index (χ0v) is 25.8. The number of sulfonamides is 1. The summed E-state index contributed by atoms with van der Waals surface area (Å²) in [5.41, 5.74) is 2.75. The summed E-state index contributed by atoms with van der Waals surface area (Å²) in [6.07, 6.45) is 0.214. The second-order valence-corrected chi connectivity index (χ2v) is 12.1. The van der Waals surface area contributed by atoms with E-state index in [0.29, 0.717) is 12.3 Å². The first-order valence-electron chi connectivity index (χ1n) is 14.2. The Balaban J connectivity index is 1.78. The summed E-state index contributed by atoms with van der Waals surface area (Å²) in [6, 6.07) is 26.6. The van der Waals surface area contributed by atoms with Gasteiger partial charge >= 0.3 is 0 Å². The molecule has 0 spiro atoms. The maximum absolute atomic E-state index is 14.3. The molecule has 0 heterocycles. The number of rotatable bonds is 13. The fourth-order valence-electron chi connectivity index (χ4n) is 4.75. The van der Waals surface area contributed by atoms with E-state index in [4.69, 9.17) is 4.74 Å². The van der Waals surface area contributed by atoms with Crippen LogP contribution in [0.1, 0.15) is 23.6 Å². The number of halogens is 1. The van der Waals surface area contributed by atoms with Crippen molar-refractivity contribution >= 4 is 27.5 Å². The van der Waals surface area contributed by atoms with Gasteiger partial charge in [0.1, 0.15) is 24.2 Å². The number of benzene rings is 4. The van der Waals surface area contributed by atoms with Gasteiger partial charge < -0.3 is 15.0 Å². The summed E-state index contributed by atoms with van der Waals surface area (Å²) in [6.45, 7) is 3.53. The number of anilines is 1. The Morgan fingerprint density at radius 1 is 0.864 bits per heavy atom. The number of nitrogens with zero attached hydrogens (tertiary/aromatic N) is 2. The molecule has 1 atom stereocenters. The maximum Gasteiger partial charge on any atom is 0.264 e. The lowest BCUT2D eigenvalue weighted by molar-refractivity contribution is -0.140. The number of methoxy groups -OCH3 is 1. The highest BCUT2D eigenvalue weighted by molar-refractivity contribution is 7.92. The Hall–Kier alpha value is -4.70. The maximum atomic E-state index is 14.3. The minimum atomic E-state index is -4.31. The topological polar surface area (TPSA) is 96.0 Å². The van der Waals surface area contributed by atoms with Gasteiger partial charge in [0.25, 0.3) is 10.0 Å². The van der Waals surface area contributed by atoms with Crippen molar-refractivity contribution in [2.75, 3.05) is 24.5 Å². The van der Waals surface area contributed by atoms with Crippen LogP contribution in [0.15, 0.2) is 108 Å². The van der Waals surface area contributed by atoms with Crippen molar-refractivity contribution in [3.63, 3.8) is 0 Å². The van der Waals surface area contributed by atoms with E-state index in [1.54, 1.807) is 6.92 Å². The fraction of sp³-hybridized carbons (Fsp3) is 0.235. The Morgan fingerprint density at radius 2 is 1.50 bits per heavy atom. The first-order valence-corrected chi connectivity index (χ1v) is 15.7. The van der Waals surface area contributed by atoms with Crippen LogP contribution in [0.2, 0.25) is 0 Å². The summed E-state index contributed by atoms with van der Waals surface area (Å²) in [5.74, 6) is -1.05. The zero-order valence-electron chi connectivity index (χ0n) is 24.9. The van der Waals surface area contributed by atoms with E-state index >= 15 is 0 Å². The number of amides is 2. The fourth-order valence-corrected chi connectivity index (χ4v) is 6.16. The summed E-state index contributed by atoms with van der Waals surface area (Å²) in [7, 11) is -2.84. The van der Waals surface area contributed by atoms with Crippen LogP contribution < -0.4 is 14.4 Å². The van der Waals surface area contributed by atoms with Crippen LogP contribution in [0.25, 0.3) is 0 Å². The lowest BCUT2D eigenvalue weighted by Gasteiger charge is -2.33. The van der Waals surface area contributed by atoms with Gasteiger partial charge in [-0.1, -0.05) is 60.2 Å². The molecule has 0 bridgehead atoms. The number of likely N-dealkylation sites (N-methyl/N-ethyl adjacent to an activating group) is 1. The predicted octanol–water partition coefficient (Wildman–Crippen LogP) is 5.11. The molecule has 4 rings (SSSR count). The highest BCUT2D eigenvalue weighted by Gasteiger charge is 2.34. The highest BCUT2D eigenvalue weighted by atomic mass is 32.2. The molecule has 8 nitrogen and oxygen atoms in total. The van der Waals surface area contributed by atoms with Crippen molar-refractivity contribution in [2.24, 2.45) is 0 Å². The van der Waals surface area contributed by atoms with Crippen LogP contribution in [-0.2, 0) is 32.6 Å². The summed E-state index contributed by atoms with van der Waals surface area (Å²) >= 11 is 0. The number of aryl methyl sites for hydroxylation is 1. The van der Waals surface area contributed by atoms with E-state index in [2.05, 4.69) is 5.32 Å². The van der Waals surface area contributed by atoms with Gasteiger partial charge in [-0.25, -0.2) is 12.8 Å². The molecule has 1 N–H and O–H groups in total. The third-order valence-corrected chi connectivity index (χ3v) is 8.92. The zero-order chi connectivity index (χ0) is 31.7. The number of hydrogen-bond donors (Lipinski definition) is 1. The van der Waals surface area contributed by atoms with Gasteiger partial charge in [0.2, 0.25) is 11.8 Å². The molecule has 0 saturated heterocycles. The van der Waals surface area contributed by atoms with Crippen LogP contribution in [0.4, 0.5) is 10.1 Å². The summed E-state index contributed by atoms with van der Waals surface area (Å²) < 4.78 is 48.0. The number of hydrogen-bond acceptors (Lipinski definition) is 5. The molecule has 0 radical (unpaired) electrons. The second-order valence-electron chi connectivity index (χ2n) is 10.3. The normalized spacial score (nSPS) is 11.8. The Morgan fingerprint density at radius 3 is 2.09 bits per heavy atom. The molecule has 0 unspecified atom stereocenters. The Kier molecular flexibility index (Phi) is 10.7. The standard InChI is InChI=1S/C34H36FN3O5S/c1-4-36-34(40)32(22-26-8-6-5-7-9-26)37(23-27-12-10-25(2)11-13-27)33(39)24-38(29-16-14-28(35)15-17-29)44(41,42)31-20-18-30(43-3)19-21-31/h5-21,32H,4,22-24H2,1-3H3,(H,36,40)/t32-/m0/s1. The lowest BCUT2D eigenvalue weighted by atomic mass is 10.0. The third kappa shape index (κ3) is 8.02. The molecule has 0 aliphatic carbocycles. The van der Waals surface area contributed by atoms with E-state index in [1.807, 2.05) is 61.5 Å². The molecule has 0 aromatic heterocycles. The van der Waals surface area contributed by atoms with E-state index in [9.17, 15) is 22.4 Å². The molecule has 2 amide bonds. The predicted molar refractivity (Wildman–Crippen MR) is 168 cm³/mol. The highest BCUT2D eigenvalue weighted by Crippen LogP contribution is 2.26. The molecule has 0 saturated carbocycles. The largest absolute Gasteiger partial charge is 0.497 e. The van der Waals surface area contributed by atoms with E-state index < -0.39 is 34.3 Å². The molecule has 4 aromatic rings. The van der Waals surface area contributed by atoms with Gasteiger partial charge in [0.15, 0.2) is 0 Å². The average molecular weight is 618 g/mol. The smallest absolute Gasteiger partial charge is 0.264 e. The number of nitrogens with one attached hydrogen (secondary N) is 1. The minimum Gasteiger partial charge on any atom is -0.497 e. The summed E-state index contributed by atoms with van der Waals surface area (Å²) in [4.78, 5) is 29.2. The van der Waals surface area contributed by atoms with Crippen LogP contribution >= 0.6 is 0 Å². The SMILES string of the molecule is CCNC(=O)[C@H](Cc1ccccc1)N(Cc1ccc(C)cc1)C(=O)CN(c1ccc(F)cc1)S(=O)(=O)c1ccc(OC)cc1. The van der Waals surface area contributed by atoms with Crippen molar-refractivity contribution in [1.82, 2.24) is 10.2 Å². The molecular weight excluding hydrogens is 581 g/mol. The number of carbonyl (C=O) groups excluding carboxylic acids is 2. The van der Waals surface area contributed by atoms with Gasteiger partial charge in [0, 0.05) is 19.5 Å². The van der Waals surface area contributed by atoms with E-state index in [0.717, 1.165) is 33.1 Å². The average Bonchev–Trinajstić information content (AvgIpc) is 3.03. The third-order valence-electron chi connectivity index (χ3n) is 7.14. The monoisotopic (exact) mass is 617 g/mol. The van der Waals surface area contributed by atoms with Gasteiger partial charge in [-0.3, -0.25) is 13.9 Å². The van der Waals surface area contributed by atoms with Crippen LogP contribution in [0, 0.1) is 12.7 Å². The van der Waals surface area contributed by atoms with Crippen molar-refractivity contribution in [1.29, 1.82) is 0 Å². The second kappa shape index (κ2) is 14.7. The van der Waals surface area contributed by atoms with Crippen molar-refractivity contribution in [2.45, 2.75) is 37.8 Å². The van der Waals surface area contributed by atoms with Crippen LogP contribution in [-0.4, -0.2) is 51.4 Å². The van der Waals surface area contributed by atoms with E-state index in [-0.39, 0.29) is 29.5 Å². The first-order chi connectivity index (χ1) is 21.1. The van der Waals surface area contributed by atoms with Crippen molar-refractivity contribution < 1.29 is 27.1 Å². The number of ether oxygens (including phenoxy) is 1. The van der Waals surface area contributed by atoms with Crippen molar-refractivity contribution in [3.8, 4) is 5.75 Å². The molecule has 10 heteroatoms. The quantitative estimate of drug-likeness (QED) is 0.225. The van der Waals surface area contributed by atoms with E-state index in [1.165, 1.54) is 48.4 Å². The number of carbonyl (C=O) groups is 2. The van der Waals surface area contributed by atoms with Crippen molar-refractivity contribution in [3.05, 3.63) is 126 Å². The lowest BCUT2D eigenvalue weighted by Crippen LogP contribution is -2.53. The van der Waals surface area contributed by atoms with Gasteiger partial charge in [-0.05, 0) is 73.5 Å². The Labute approximate surface area is 258 Å². The van der Waals surface area contributed by atoms with Crippen LogP contribution in [0.5, 0.6) is 5.75 Å². The van der Waals surface area contributed by atoms with Gasteiger partial charge in [0.05, 0.1) is 17.7 Å². The molecule has 44 heavy (non-hydrogen) atoms. The van der Waals surface area contributed by atoms with Crippen LogP contribution in [0.3, 0.4) is 0 Å². The Bertz CT molecular complexity index is 1650.